The minimum Gasteiger partial charge on any atom is -0.196 e. The fraction of sp³-hybridized carbons (Fsp3) is 0.294. The summed E-state index contributed by atoms with van der Waals surface area (Å²) in [7, 11) is 0. The van der Waals surface area contributed by atoms with E-state index in [1.54, 1.807) is 30.3 Å². The summed E-state index contributed by atoms with van der Waals surface area (Å²) in [5, 5.41) is 0. The molecule has 0 radical (unpaired) electrons. The number of hydrogen-bond donors (Lipinski definition) is 0. The van der Waals surface area contributed by atoms with Crippen molar-refractivity contribution < 1.29 is 8.78 Å². The highest BCUT2D eigenvalue weighted by Gasteiger charge is 2.33. The number of halogens is 2. The molecule has 0 aromatic heterocycles. The Labute approximate surface area is 113 Å². The average Bonchev–Trinajstić information content (AvgIpc) is 2.39. The van der Waals surface area contributed by atoms with Gasteiger partial charge in [0.15, 0.2) is 0 Å². The van der Waals surface area contributed by atoms with E-state index in [2.05, 4.69) is 20.8 Å². The van der Waals surface area contributed by atoms with E-state index in [0.29, 0.717) is 0 Å². The summed E-state index contributed by atoms with van der Waals surface area (Å²) in [5.74, 6) is -2.95. The third kappa shape index (κ3) is 2.83. The van der Waals surface area contributed by atoms with Crippen LogP contribution in [-0.2, 0) is 11.3 Å². The monoisotopic (exact) mass is 260 g/mol. The molecule has 100 valence electrons. The van der Waals surface area contributed by atoms with Gasteiger partial charge in [-0.3, -0.25) is 0 Å². The lowest BCUT2D eigenvalue weighted by atomic mass is 9.86. The zero-order valence-corrected chi connectivity index (χ0v) is 11.5. The molecule has 0 saturated heterocycles. The van der Waals surface area contributed by atoms with Crippen molar-refractivity contribution in [1.29, 1.82) is 0 Å². The summed E-state index contributed by atoms with van der Waals surface area (Å²) in [6.45, 7) is 6.20. The topological polar surface area (TPSA) is 0 Å². The molecule has 0 spiro atoms. The lowest BCUT2D eigenvalue weighted by Gasteiger charge is -2.21. The van der Waals surface area contributed by atoms with Crippen LogP contribution >= 0.6 is 0 Å². The molecule has 0 amide bonds. The molecule has 2 heteroatoms. The van der Waals surface area contributed by atoms with Gasteiger partial charge in [-0.25, -0.2) is 0 Å². The molecule has 0 unspecified atom stereocenters. The maximum Gasteiger partial charge on any atom is 0.298 e. The van der Waals surface area contributed by atoms with Crippen LogP contribution in [0.3, 0.4) is 0 Å². The van der Waals surface area contributed by atoms with Crippen molar-refractivity contribution in [3.8, 4) is 0 Å². The van der Waals surface area contributed by atoms with Crippen LogP contribution in [0, 0.1) is 0 Å². The fourth-order valence-electron chi connectivity index (χ4n) is 1.99. The van der Waals surface area contributed by atoms with Gasteiger partial charge in [-0.05, 0) is 11.0 Å². The summed E-state index contributed by atoms with van der Waals surface area (Å²) in [6.07, 6.45) is 0. The first kappa shape index (κ1) is 13.7. The largest absolute Gasteiger partial charge is 0.298 e. The number of rotatable bonds is 2. The van der Waals surface area contributed by atoms with E-state index in [1.165, 1.54) is 24.3 Å². The first-order chi connectivity index (χ1) is 8.82. The second kappa shape index (κ2) is 4.76. The van der Waals surface area contributed by atoms with E-state index < -0.39 is 5.92 Å². The van der Waals surface area contributed by atoms with Crippen molar-refractivity contribution in [2.75, 3.05) is 0 Å². The summed E-state index contributed by atoms with van der Waals surface area (Å²) in [5.41, 5.74) is 1.09. The van der Waals surface area contributed by atoms with Crippen LogP contribution in [0.5, 0.6) is 0 Å². The van der Waals surface area contributed by atoms with Gasteiger partial charge in [0.25, 0.3) is 5.92 Å². The Balaban J connectivity index is 2.37. The number of hydrogen-bond acceptors (Lipinski definition) is 0. The molecule has 0 aliphatic carbocycles. The van der Waals surface area contributed by atoms with Crippen LogP contribution in [0.15, 0.2) is 54.6 Å². The van der Waals surface area contributed by atoms with Gasteiger partial charge in [0.1, 0.15) is 0 Å². The van der Waals surface area contributed by atoms with Crippen molar-refractivity contribution in [2.24, 2.45) is 0 Å². The maximum absolute atomic E-state index is 14.3. The Morgan fingerprint density at radius 1 is 0.632 bits per heavy atom. The molecule has 0 nitrogen and oxygen atoms in total. The van der Waals surface area contributed by atoms with E-state index >= 15 is 0 Å². The van der Waals surface area contributed by atoms with Crippen LogP contribution < -0.4 is 0 Å². The lowest BCUT2D eigenvalue weighted by Crippen LogP contribution is -2.16. The van der Waals surface area contributed by atoms with Crippen molar-refractivity contribution in [3.05, 3.63) is 71.3 Å². The van der Waals surface area contributed by atoms with Crippen molar-refractivity contribution in [1.82, 2.24) is 0 Å². The Bertz CT molecular complexity index is 534. The third-order valence-corrected chi connectivity index (χ3v) is 3.25. The summed E-state index contributed by atoms with van der Waals surface area (Å²) in [6, 6.07) is 14.5. The molecular formula is C17H18F2. The highest BCUT2D eigenvalue weighted by Crippen LogP contribution is 2.36. The van der Waals surface area contributed by atoms with E-state index in [9.17, 15) is 8.78 Å². The molecule has 2 rings (SSSR count). The van der Waals surface area contributed by atoms with Crippen LogP contribution in [0.4, 0.5) is 8.78 Å². The second-order valence-corrected chi connectivity index (χ2v) is 5.77. The standard InChI is InChI=1S/C17H18F2/c1-16(2,3)13-9-11-15(12-10-13)17(18,19)14-7-5-4-6-8-14/h4-12H,1-3H3. The molecule has 19 heavy (non-hydrogen) atoms. The van der Waals surface area contributed by atoms with Crippen molar-refractivity contribution in [3.63, 3.8) is 0 Å². The number of benzene rings is 2. The van der Waals surface area contributed by atoms with E-state index in [-0.39, 0.29) is 16.5 Å². The van der Waals surface area contributed by atoms with Gasteiger partial charge >= 0.3 is 0 Å². The lowest BCUT2D eigenvalue weighted by molar-refractivity contribution is 0.0428. The Morgan fingerprint density at radius 2 is 1.05 bits per heavy atom. The molecule has 0 fully saturated rings. The van der Waals surface area contributed by atoms with Gasteiger partial charge in [-0.2, -0.15) is 8.78 Å². The van der Waals surface area contributed by atoms with Crippen LogP contribution in [-0.4, -0.2) is 0 Å². The summed E-state index contributed by atoms with van der Waals surface area (Å²) in [4.78, 5) is 0. The molecule has 0 aliphatic heterocycles. The second-order valence-electron chi connectivity index (χ2n) is 5.77. The first-order valence-electron chi connectivity index (χ1n) is 6.36. The highest BCUT2D eigenvalue weighted by atomic mass is 19.3. The SMILES string of the molecule is CC(C)(C)c1ccc(C(F)(F)c2ccccc2)cc1. The van der Waals surface area contributed by atoms with E-state index in [1.807, 2.05) is 0 Å². The zero-order chi connectivity index (χ0) is 14.1. The highest BCUT2D eigenvalue weighted by molar-refractivity contribution is 5.36. The average molecular weight is 260 g/mol. The van der Waals surface area contributed by atoms with Gasteiger partial charge < -0.3 is 0 Å². The van der Waals surface area contributed by atoms with Crippen molar-refractivity contribution in [2.45, 2.75) is 32.1 Å². The van der Waals surface area contributed by atoms with Crippen LogP contribution in [0.1, 0.15) is 37.5 Å². The molecule has 0 aliphatic rings. The van der Waals surface area contributed by atoms with Gasteiger partial charge in [0.05, 0.1) is 0 Å². The third-order valence-electron chi connectivity index (χ3n) is 3.25. The maximum atomic E-state index is 14.3. The smallest absolute Gasteiger partial charge is 0.196 e. The molecule has 2 aromatic carbocycles. The molecular weight excluding hydrogens is 242 g/mol. The zero-order valence-electron chi connectivity index (χ0n) is 11.5. The molecule has 2 aromatic rings. The van der Waals surface area contributed by atoms with Gasteiger partial charge in [-0.1, -0.05) is 75.4 Å². The summed E-state index contributed by atoms with van der Waals surface area (Å²) >= 11 is 0. The number of alkyl halides is 2. The first-order valence-corrected chi connectivity index (χ1v) is 6.36. The fourth-order valence-corrected chi connectivity index (χ4v) is 1.99. The predicted molar refractivity (Wildman–Crippen MR) is 74.6 cm³/mol. The predicted octanol–water partition coefficient (Wildman–Crippen LogP) is 5.12. The van der Waals surface area contributed by atoms with Crippen LogP contribution in [0.25, 0.3) is 0 Å². The molecule has 0 bridgehead atoms. The van der Waals surface area contributed by atoms with Gasteiger partial charge in [-0.15, -0.1) is 0 Å². The van der Waals surface area contributed by atoms with E-state index in [0.717, 1.165) is 5.56 Å². The molecule has 0 atom stereocenters. The molecule has 0 saturated carbocycles. The van der Waals surface area contributed by atoms with E-state index in [4.69, 9.17) is 0 Å². The van der Waals surface area contributed by atoms with Gasteiger partial charge in [0, 0.05) is 11.1 Å². The minimum atomic E-state index is -2.95. The van der Waals surface area contributed by atoms with Crippen LogP contribution in [0.2, 0.25) is 0 Å². The molecule has 0 heterocycles. The normalized spacial score (nSPS) is 12.5. The van der Waals surface area contributed by atoms with Crippen molar-refractivity contribution >= 4 is 0 Å². The molecule has 0 N–H and O–H groups in total. The summed E-state index contributed by atoms with van der Waals surface area (Å²) < 4.78 is 28.6. The quantitative estimate of drug-likeness (QED) is 0.702. The van der Waals surface area contributed by atoms with Gasteiger partial charge in [0.2, 0.25) is 0 Å². The Morgan fingerprint density at radius 3 is 1.53 bits per heavy atom. The minimum absolute atomic E-state index is 0.0264. The Hall–Kier alpha value is -1.70. The Kier molecular flexibility index (Phi) is 3.44.